The Labute approximate surface area is 122 Å². The zero-order valence-corrected chi connectivity index (χ0v) is 13.0. The molecule has 1 fully saturated rings. The highest BCUT2D eigenvalue weighted by Gasteiger charge is 2.30. The summed E-state index contributed by atoms with van der Waals surface area (Å²) in [5.41, 5.74) is 5.62. The fourth-order valence-corrected chi connectivity index (χ4v) is 2.26. The van der Waals surface area contributed by atoms with Crippen molar-refractivity contribution in [2.45, 2.75) is 58.0 Å². The molecule has 1 amide bonds. The van der Waals surface area contributed by atoms with E-state index in [9.17, 15) is 4.79 Å². The summed E-state index contributed by atoms with van der Waals surface area (Å²) in [6.07, 6.45) is 4.83. The second-order valence-corrected chi connectivity index (χ2v) is 5.36. The van der Waals surface area contributed by atoms with E-state index in [1.165, 1.54) is 0 Å². The molecule has 0 bridgehead atoms. The molecule has 0 aromatic heterocycles. The first-order valence-electron chi connectivity index (χ1n) is 7.68. The lowest BCUT2D eigenvalue weighted by Gasteiger charge is -2.36. The summed E-state index contributed by atoms with van der Waals surface area (Å²) in [6.45, 7) is 6.25. The third kappa shape index (κ3) is 6.17. The molecule has 6 heteroatoms. The van der Waals surface area contributed by atoms with Crippen LogP contribution in [-0.2, 0) is 14.5 Å². The van der Waals surface area contributed by atoms with Crippen molar-refractivity contribution in [1.29, 1.82) is 0 Å². The molecule has 0 radical (unpaired) electrons. The maximum Gasteiger partial charge on any atom is 0.260 e. The number of hydroxylamine groups is 2. The van der Waals surface area contributed by atoms with Crippen molar-refractivity contribution in [3.63, 3.8) is 0 Å². The molecular weight excluding hydrogens is 258 g/mol. The van der Waals surface area contributed by atoms with Gasteiger partial charge in [-0.3, -0.25) is 14.5 Å². The minimum Gasteiger partial charge on any atom is -0.301 e. The molecule has 6 nitrogen and oxygen atoms in total. The van der Waals surface area contributed by atoms with E-state index in [0.717, 1.165) is 45.3 Å². The van der Waals surface area contributed by atoms with Gasteiger partial charge < -0.3 is 4.84 Å². The number of nitrogens with zero attached hydrogens (tertiary/aromatic N) is 1. The van der Waals surface area contributed by atoms with Crippen LogP contribution >= 0.6 is 0 Å². The van der Waals surface area contributed by atoms with E-state index in [1.54, 1.807) is 0 Å². The van der Waals surface area contributed by atoms with E-state index in [0.29, 0.717) is 6.61 Å². The van der Waals surface area contributed by atoms with Crippen molar-refractivity contribution in [3.05, 3.63) is 0 Å². The van der Waals surface area contributed by atoms with E-state index in [4.69, 9.17) is 9.68 Å². The standard InChI is InChI=1S/C14H29N3O3/c1-4-6-10-20-15-12-7-8-13(17(3)11-12)14(18)16-19-9-5-2/h12-13,15H,4-11H2,1-3H3,(H,16,18)/t12-,13+/m1/s1. The van der Waals surface area contributed by atoms with Crippen LogP contribution in [0, 0.1) is 0 Å². The second kappa shape index (κ2) is 10.1. The van der Waals surface area contributed by atoms with E-state index >= 15 is 0 Å². The van der Waals surface area contributed by atoms with Gasteiger partial charge in [0.15, 0.2) is 0 Å². The maximum atomic E-state index is 12.0. The molecule has 0 unspecified atom stereocenters. The summed E-state index contributed by atoms with van der Waals surface area (Å²) >= 11 is 0. The van der Waals surface area contributed by atoms with Crippen LogP contribution in [0.1, 0.15) is 46.0 Å². The van der Waals surface area contributed by atoms with Gasteiger partial charge in [0.05, 0.1) is 19.3 Å². The molecule has 1 heterocycles. The van der Waals surface area contributed by atoms with Gasteiger partial charge >= 0.3 is 0 Å². The van der Waals surface area contributed by atoms with Crippen molar-refractivity contribution in [1.82, 2.24) is 15.9 Å². The van der Waals surface area contributed by atoms with Crippen molar-refractivity contribution >= 4 is 5.91 Å². The van der Waals surface area contributed by atoms with Crippen molar-refractivity contribution in [3.8, 4) is 0 Å². The van der Waals surface area contributed by atoms with Crippen LogP contribution in [0.15, 0.2) is 0 Å². The van der Waals surface area contributed by atoms with Crippen molar-refractivity contribution < 1.29 is 14.5 Å². The molecule has 1 aliphatic heterocycles. The van der Waals surface area contributed by atoms with Gasteiger partial charge in [0, 0.05) is 12.6 Å². The fourth-order valence-electron chi connectivity index (χ4n) is 2.26. The first-order chi connectivity index (χ1) is 9.69. The summed E-state index contributed by atoms with van der Waals surface area (Å²) in [5.74, 6) is -0.0497. The SMILES string of the molecule is CCCCON[C@@H]1CC[C@@H](C(=O)NOCCC)N(C)C1. The lowest BCUT2D eigenvalue weighted by atomic mass is 9.99. The number of nitrogens with one attached hydrogen (secondary N) is 2. The summed E-state index contributed by atoms with van der Waals surface area (Å²) in [6, 6.07) is 0.179. The number of rotatable bonds is 9. The number of likely N-dealkylation sites (tertiary alicyclic amines) is 1. The largest absolute Gasteiger partial charge is 0.301 e. The number of likely N-dealkylation sites (N-methyl/N-ethyl adjacent to an activating group) is 1. The fraction of sp³-hybridized carbons (Fsp3) is 0.929. The molecule has 2 N–H and O–H groups in total. The summed E-state index contributed by atoms with van der Waals surface area (Å²) in [5, 5.41) is 0. The number of amides is 1. The van der Waals surface area contributed by atoms with E-state index in [1.807, 2.05) is 14.0 Å². The van der Waals surface area contributed by atoms with Crippen LogP contribution in [0.4, 0.5) is 0 Å². The second-order valence-electron chi connectivity index (χ2n) is 5.36. The number of carbonyl (C=O) groups is 1. The average Bonchev–Trinajstić information content (AvgIpc) is 2.44. The predicted molar refractivity (Wildman–Crippen MR) is 77.8 cm³/mol. The zero-order valence-electron chi connectivity index (χ0n) is 13.0. The molecule has 20 heavy (non-hydrogen) atoms. The van der Waals surface area contributed by atoms with Crippen molar-refractivity contribution in [2.24, 2.45) is 0 Å². The monoisotopic (exact) mass is 287 g/mol. The molecule has 0 aliphatic carbocycles. The zero-order chi connectivity index (χ0) is 14.8. The number of carbonyl (C=O) groups excluding carboxylic acids is 1. The first-order valence-corrected chi connectivity index (χ1v) is 7.68. The van der Waals surface area contributed by atoms with Crippen LogP contribution < -0.4 is 11.0 Å². The van der Waals surface area contributed by atoms with Gasteiger partial charge in [-0.1, -0.05) is 20.3 Å². The lowest BCUT2D eigenvalue weighted by Crippen LogP contribution is -2.54. The minimum absolute atomic E-state index is 0.0497. The van der Waals surface area contributed by atoms with Crippen LogP contribution in [0.5, 0.6) is 0 Å². The summed E-state index contributed by atoms with van der Waals surface area (Å²) in [7, 11) is 1.96. The normalized spacial score (nSPS) is 23.8. The van der Waals surface area contributed by atoms with Crippen molar-refractivity contribution in [2.75, 3.05) is 26.8 Å². The minimum atomic E-state index is -0.111. The molecule has 0 aromatic carbocycles. The summed E-state index contributed by atoms with van der Waals surface area (Å²) < 4.78 is 0. The maximum absolute atomic E-state index is 12.0. The van der Waals surface area contributed by atoms with Gasteiger partial charge in [0.25, 0.3) is 5.91 Å². The average molecular weight is 287 g/mol. The molecule has 0 saturated carbocycles. The van der Waals surface area contributed by atoms with Gasteiger partial charge in [-0.15, -0.1) is 0 Å². The van der Waals surface area contributed by atoms with E-state index in [2.05, 4.69) is 22.8 Å². The van der Waals surface area contributed by atoms with Gasteiger partial charge in [0.1, 0.15) is 0 Å². The predicted octanol–water partition coefficient (Wildman–Crippen LogP) is 1.23. The van der Waals surface area contributed by atoms with E-state index in [-0.39, 0.29) is 18.0 Å². The highest BCUT2D eigenvalue weighted by Crippen LogP contribution is 2.16. The Hall–Kier alpha value is -0.690. The molecule has 118 valence electrons. The van der Waals surface area contributed by atoms with Crippen LogP contribution in [0.3, 0.4) is 0 Å². The Morgan fingerprint density at radius 3 is 2.65 bits per heavy atom. The van der Waals surface area contributed by atoms with E-state index < -0.39 is 0 Å². The molecular formula is C14H29N3O3. The summed E-state index contributed by atoms with van der Waals surface area (Å²) in [4.78, 5) is 24.5. The smallest absolute Gasteiger partial charge is 0.260 e. The van der Waals surface area contributed by atoms with Crippen LogP contribution in [0.2, 0.25) is 0 Å². The third-order valence-corrected chi connectivity index (χ3v) is 3.46. The number of piperidine rings is 1. The number of hydrogen-bond donors (Lipinski definition) is 2. The molecule has 1 rings (SSSR count). The topological polar surface area (TPSA) is 62.8 Å². The van der Waals surface area contributed by atoms with Gasteiger partial charge in [0.2, 0.25) is 0 Å². The number of hydrogen-bond acceptors (Lipinski definition) is 5. The lowest BCUT2D eigenvalue weighted by molar-refractivity contribution is -0.140. The Balaban J connectivity index is 2.23. The highest BCUT2D eigenvalue weighted by molar-refractivity contribution is 5.80. The highest BCUT2D eigenvalue weighted by atomic mass is 16.7. The Bertz CT molecular complexity index is 276. The molecule has 0 spiro atoms. The Morgan fingerprint density at radius 2 is 2.00 bits per heavy atom. The molecule has 0 aromatic rings. The molecule has 1 saturated heterocycles. The van der Waals surface area contributed by atoms with Crippen LogP contribution in [-0.4, -0.2) is 49.7 Å². The van der Waals surface area contributed by atoms with Gasteiger partial charge in [-0.25, -0.2) is 5.48 Å². The Kier molecular flexibility index (Phi) is 8.77. The van der Waals surface area contributed by atoms with Crippen LogP contribution in [0.25, 0.3) is 0 Å². The van der Waals surface area contributed by atoms with Gasteiger partial charge in [-0.2, -0.15) is 5.48 Å². The molecule has 2 atom stereocenters. The van der Waals surface area contributed by atoms with Gasteiger partial charge in [-0.05, 0) is 32.7 Å². The Morgan fingerprint density at radius 1 is 1.20 bits per heavy atom. The first kappa shape index (κ1) is 17.4. The molecule has 1 aliphatic rings. The quantitative estimate of drug-likeness (QED) is 0.493. The number of unbranched alkanes of at least 4 members (excludes halogenated alkanes) is 1. The third-order valence-electron chi connectivity index (χ3n) is 3.46.